The van der Waals surface area contributed by atoms with Crippen molar-refractivity contribution in [3.05, 3.63) is 48.6 Å². The summed E-state index contributed by atoms with van der Waals surface area (Å²) in [5.41, 5.74) is -0.0440. The summed E-state index contributed by atoms with van der Waals surface area (Å²) < 4.78 is 6.36. The second-order valence-electron chi connectivity index (χ2n) is 8.92. The monoisotopic (exact) mass is 405 g/mol. The van der Waals surface area contributed by atoms with Crippen LogP contribution in [0.3, 0.4) is 0 Å². The van der Waals surface area contributed by atoms with E-state index in [1.54, 1.807) is 18.2 Å². The minimum atomic E-state index is -1.25. The van der Waals surface area contributed by atoms with Crippen molar-refractivity contribution >= 4 is 22.1 Å². The van der Waals surface area contributed by atoms with E-state index in [1.165, 1.54) is 4.90 Å². The summed E-state index contributed by atoms with van der Waals surface area (Å²) in [5.74, 6) is -0.292. The first-order valence-corrected chi connectivity index (χ1v) is 12.3. The maximum Gasteiger partial charge on any atom is 0.260 e. The average Bonchev–Trinajstić information content (AvgIpc) is 2.63. The number of allylic oxidation sites excluding steroid dienone is 1. The van der Waals surface area contributed by atoms with Crippen LogP contribution in [-0.4, -0.2) is 47.1 Å². The van der Waals surface area contributed by atoms with Crippen molar-refractivity contribution in [3.8, 4) is 0 Å². The van der Waals surface area contributed by atoms with Crippen LogP contribution in [0.2, 0.25) is 0 Å². The molecule has 0 bridgehead atoms. The van der Waals surface area contributed by atoms with Crippen molar-refractivity contribution in [1.29, 1.82) is 0 Å². The van der Waals surface area contributed by atoms with Crippen LogP contribution in [0.5, 0.6) is 0 Å². The van der Waals surface area contributed by atoms with Gasteiger partial charge in [-0.05, 0) is 50.3 Å². The lowest BCUT2D eigenvalue weighted by molar-refractivity contribution is -0.144. The molecule has 1 heterocycles. The number of amides is 2. The van der Waals surface area contributed by atoms with Crippen molar-refractivity contribution in [3.63, 3.8) is 0 Å². The van der Waals surface area contributed by atoms with Gasteiger partial charge < -0.3 is 4.18 Å². The molecule has 2 rings (SSSR count). The molecule has 2 amide bonds. The Hall–Kier alpha value is -1.59. The van der Waals surface area contributed by atoms with Gasteiger partial charge in [-0.15, -0.1) is 16.9 Å². The molecule has 0 N–H and O–H groups in total. The number of carbonyl (C=O) groups is 2. The number of nitrogens with zero attached hydrogens (tertiary/aromatic N) is 1. The van der Waals surface area contributed by atoms with Crippen molar-refractivity contribution < 1.29 is 13.8 Å². The first-order chi connectivity index (χ1) is 13.0. The van der Waals surface area contributed by atoms with Crippen LogP contribution in [0.1, 0.15) is 56.8 Å². The highest BCUT2D eigenvalue weighted by atomic mass is 32.3. The lowest BCUT2D eigenvalue weighted by Crippen LogP contribution is -2.51. The largest absolute Gasteiger partial charge is 0.337 e. The Kier molecular flexibility index (Phi) is 7.16. The Morgan fingerprint density at radius 1 is 1.29 bits per heavy atom. The fraction of sp³-hybridized carbons (Fsp3) is 0.565. The second-order valence-corrected chi connectivity index (χ2v) is 12.8. The fourth-order valence-corrected chi connectivity index (χ4v) is 4.28. The molecule has 1 aliphatic rings. The van der Waals surface area contributed by atoms with Crippen molar-refractivity contribution in [2.45, 2.75) is 51.2 Å². The summed E-state index contributed by atoms with van der Waals surface area (Å²) in [4.78, 5) is 27.8. The van der Waals surface area contributed by atoms with Crippen LogP contribution >= 0.6 is 10.3 Å². The van der Waals surface area contributed by atoms with Gasteiger partial charge in [0.25, 0.3) is 5.91 Å². The highest BCUT2D eigenvalue weighted by Gasteiger charge is 2.45. The molecule has 1 saturated heterocycles. The summed E-state index contributed by atoms with van der Waals surface area (Å²) in [5, 5.41) is 0. The van der Waals surface area contributed by atoms with Gasteiger partial charge >= 0.3 is 0 Å². The lowest BCUT2D eigenvalue weighted by atomic mass is 9.73. The molecular weight excluding hydrogens is 370 g/mol. The first kappa shape index (κ1) is 22.7. The summed E-state index contributed by atoms with van der Waals surface area (Å²) >= 11 is 0. The van der Waals surface area contributed by atoms with Crippen molar-refractivity contribution in [2.24, 2.45) is 5.41 Å². The second kappa shape index (κ2) is 8.83. The third-order valence-electron chi connectivity index (χ3n) is 5.97. The number of piperidine rings is 1. The maximum atomic E-state index is 13.4. The molecular formula is C23H35NO3S. The molecule has 0 saturated carbocycles. The molecule has 5 heteroatoms. The predicted molar refractivity (Wildman–Crippen MR) is 119 cm³/mol. The molecule has 0 unspecified atom stereocenters. The molecule has 28 heavy (non-hydrogen) atoms. The Balaban J connectivity index is 2.17. The molecule has 1 fully saturated rings. The number of hydrogen-bond acceptors (Lipinski definition) is 3. The normalized spacial score (nSPS) is 21.5. The molecule has 0 aromatic heterocycles. The van der Waals surface area contributed by atoms with Gasteiger partial charge in [-0.3, -0.25) is 14.5 Å². The van der Waals surface area contributed by atoms with Crippen molar-refractivity contribution in [2.75, 3.05) is 25.7 Å². The van der Waals surface area contributed by atoms with Crippen LogP contribution in [-0.2, 0) is 8.98 Å². The van der Waals surface area contributed by atoms with Gasteiger partial charge in [0.15, 0.2) is 0 Å². The van der Waals surface area contributed by atoms with Gasteiger partial charge in [-0.25, -0.2) is 0 Å². The first-order valence-electron chi connectivity index (χ1n) is 9.94. The van der Waals surface area contributed by atoms with E-state index in [-0.39, 0.29) is 16.6 Å². The highest BCUT2D eigenvalue weighted by molar-refractivity contribution is 8.29. The molecule has 156 valence electrons. The van der Waals surface area contributed by atoms with Crippen LogP contribution in [0.25, 0.3) is 0 Å². The zero-order valence-corrected chi connectivity index (χ0v) is 18.8. The number of carbonyl (C=O) groups excluding carboxylic acids is 2. The molecule has 1 aliphatic heterocycles. The van der Waals surface area contributed by atoms with Gasteiger partial charge in [0.1, 0.15) is 0 Å². The summed E-state index contributed by atoms with van der Waals surface area (Å²) in [6.07, 6.45) is 8.90. The molecule has 1 aromatic rings. The molecule has 0 aliphatic carbocycles. The molecule has 1 atom stereocenters. The van der Waals surface area contributed by atoms with E-state index in [2.05, 4.69) is 39.9 Å². The zero-order chi connectivity index (χ0) is 21.0. The van der Waals surface area contributed by atoms with Crippen LogP contribution in [0.4, 0.5) is 0 Å². The third kappa shape index (κ3) is 4.87. The lowest BCUT2D eigenvalue weighted by Gasteiger charge is -2.45. The molecule has 0 radical (unpaired) electrons. The Morgan fingerprint density at radius 2 is 1.93 bits per heavy atom. The summed E-state index contributed by atoms with van der Waals surface area (Å²) in [6.45, 7) is 11.4. The Bertz CT molecular complexity index is 708. The highest BCUT2D eigenvalue weighted by Crippen LogP contribution is 2.54. The molecule has 1 aromatic carbocycles. The SMILES string of the molecule is C=CC[C@]1(CCOS(C)(C)C(C)(C)C)CCCN(C(=O)c2ccccc2)C1=O. The number of likely N-dealkylation sites (tertiary alicyclic amines) is 1. The third-order valence-corrected chi connectivity index (χ3v) is 9.68. The van der Waals surface area contributed by atoms with Crippen molar-refractivity contribution in [1.82, 2.24) is 4.90 Å². The van der Waals surface area contributed by atoms with Crippen LogP contribution in [0.15, 0.2) is 43.0 Å². The Labute approximate surface area is 171 Å². The van der Waals surface area contributed by atoms with Gasteiger partial charge in [0.05, 0.1) is 12.0 Å². The van der Waals surface area contributed by atoms with E-state index >= 15 is 0 Å². The molecule has 0 spiro atoms. The Morgan fingerprint density at radius 3 is 2.50 bits per heavy atom. The van der Waals surface area contributed by atoms with E-state index in [0.717, 1.165) is 12.8 Å². The fourth-order valence-electron chi connectivity index (χ4n) is 3.42. The maximum absolute atomic E-state index is 13.4. The van der Waals surface area contributed by atoms with E-state index in [9.17, 15) is 9.59 Å². The van der Waals surface area contributed by atoms with Crippen LogP contribution in [0, 0.1) is 5.41 Å². The number of imide groups is 1. The van der Waals surface area contributed by atoms with E-state index in [4.69, 9.17) is 4.18 Å². The number of hydrogen-bond donors (Lipinski definition) is 0. The average molecular weight is 406 g/mol. The van der Waals surface area contributed by atoms with Crippen LogP contribution < -0.4 is 0 Å². The summed E-state index contributed by atoms with van der Waals surface area (Å²) in [7, 11) is -1.25. The summed E-state index contributed by atoms with van der Waals surface area (Å²) in [6, 6.07) is 9.04. The number of benzene rings is 1. The van der Waals surface area contributed by atoms with E-state index in [0.29, 0.717) is 31.6 Å². The van der Waals surface area contributed by atoms with E-state index in [1.807, 2.05) is 18.2 Å². The van der Waals surface area contributed by atoms with Gasteiger partial charge in [-0.1, -0.05) is 45.0 Å². The smallest absolute Gasteiger partial charge is 0.260 e. The minimum Gasteiger partial charge on any atom is -0.337 e. The standard InChI is InChI=1S/C23H35NO3S/c1-7-14-23(16-18-27-28(5,6)22(2,3)4)15-11-17-24(21(23)26)20(25)19-12-9-8-10-13-19/h7-10,12-13H,1,11,14-18H2,2-6H3/t23-/m1/s1. The van der Waals surface area contributed by atoms with Gasteiger partial charge in [-0.2, -0.15) is 0 Å². The number of rotatable bonds is 7. The minimum absolute atomic E-state index is 0.0739. The van der Waals surface area contributed by atoms with Gasteiger partial charge in [0.2, 0.25) is 5.91 Å². The molecule has 4 nitrogen and oxygen atoms in total. The topological polar surface area (TPSA) is 46.6 Å². The quantitative estimate of drug-likeness (QED) is 0.463. The van der Waals surface area contributed by atoms with E-state index < -0.39 is 15.7 Å². The predicted octanol–water partition coefficient (Wildman–Crippen LogP) is 5.20. The zero-order valence-electron chi connectivity index (χ0n) is 18.0. The van der Waals surface area contributed by atoms with Gasteiger partial charge in [0, 0.05) is 16.9 Å².